The van der Waals surface area contributed by atoms with Gasteiger partial charge in [-0.3, -0.25) is 10.1 Å². The van der Waals surface area contributed by atoms with Crippen LogP contribution in [0.2, 0.25) is 0 Å². The van der Waals surface area contributed by atoms with E-state index in [1.165, 1.54) is 12.1 Å². The molecule has 0 aliphatic carbocycles. The van der Waals surface area contributed by atoms with Crippen LogP contribution in [-0.4, -0.2) is 48.9 Å². The number of nitrogens with two attached hydrogens (primary N) is 3. The maximum Gasteiger partial charge on any atom is 1.00 e. The number of phenols is 1. The minimum absolute atomic E-state index is 0. The van der Waals surface area contributed by atoms with Crippen LogP contribution in [0.5, 0.6) is 5.75 Å². The molecule has 0 fully saturated rings. The van der Waals surface area contributed by atoms with E-state index in [2.05, 4.69) is 30.7 Å². The molecular weight excluding hydrogens is 954 g/mol. The molecule has 0 atom stereocenters. The van der Waals surface area contributed by atoms with Gasteiger partial charge in [-0.15, -0.1) is 20.5 Å². The number of nitro groups is 1. The second-order valence-corrected chi connectivity index (χ2v) is 17.3. The molecule has 0 heterocycles. The summed E-state index contributed by atoms with van der Waals surface area (Å²) in [6.07, 6.45) is 0. The zero-order valence-corrected chi connectivity index (χ0v) is 42.9. The predicted octanol–water partition coefficient (Wildman–Crippen LogP) is -1.01. The molecule has 7 rings (SSSR count). The molecule has 0 aliphatic heterocycles. The first kappa shape index (κ1) is 53.8. The van der Waals surface area contributed by atoms with E-state index in [1.54, 1.807) is 54.6 Å². The van der Waals surface area contributed by atoms with Gasteiger partial charge in [0.25, 0.3) is 5.69 Å². The number of nitro benzene ring substituents is 1. The van der Waals surface area contributed by atoms with Crippen LogP contribution in [0.15, 0.2) is 155 Å². The van der Waals surface area contributed by atoms with Crippen LogP contribution in [-0.2, 0) is 30.4 Å². The maximum absolute atomic E-state index is 12.4. The maximum atomic E-state index is 12.4. The van der Waals surface area contributed by atoms with Gasteiger partial charge in [-0.1, -0.05) is 36.4 Å². The average molecular weight is 979 g/mol. The third kappa shape index (κ3) is 11.6. The quantitative estimate of drug-likeness (QED) is 0.0301. The van der Waals surface area contributed by atoms with Crippen molar-refractivity contribution in [2.24, 2.45) is 30.7 Å². The molecule has 7 N–H and O–H groups in total. The Morgan fingerprint density at radius 1 is 0.515 bits per heavy atom. The van der Waals surface area contributed by atoms with Gasteiger partial charge < -0.3 is 36.0 Å². The van der Waals surface area contributed by atoms with E-state index in [0.717, 1.165) is 22.4 Å². The first-order chi connectivity index (χ1) is 29.6. The van der Waals surface area contributed by atoms with E-state index < -0.39 is 94.9 Å². The molecular formula is C38H25N10Na3O12S3. The summed E-state index contributed by atoms with van der Waals surface area (Å²) < 4.78 is 110. The van der Waals surface area contributed by atoms with E-state index >= 15 is 0 Å². The molecule has 0 unspecified atom stereocenters. The number of azo groups is 3. The number of rotatable bonds is 11. The van der Waals surface area contributed by atoms with Crippen molar-refractivity contribution in [2.45, 2.75) is 14.7 Å². The number of hydrogen-bond donors (Lipinski definition) is 4. The van der Waals surface area contributed by atoms with Crippen LogP contribution in [0.25, 0.3) is 32.7 Å². The third-order valence-corrected chi connectivity index (χ3v) is 11.7. The van der Waals surface area contributed by atoms with E-state index in [4.69, 9.17) is 17.2 Å². The summed E-state index contributed by atoms with van der Waals surface area (Å²) in [5, 5.41) is 46.3. The molecule has 7 aromatic rings. The summed E-state index contributed by atoms with van der Waals surface area (Å²) in [7, 11) is -16.6. The van der Waals surface area contributed by atoms with Gasteiger partial charge in [-0.25, -0.2) is 25.3 Å². The molecule has 0 aromatic heterocycles. The third-order valence-electron chi connectivity index (χ3n) is 9.18. The molecule has 0 aliphatic rings. The van der Waals surface area contributed by atoms with Crippen molar-refractivity contribution < 1.29 is 138 Å². The normalized spacial score (nSPS) is 12.0. The minimum atomic E-state index is -5.63. The van der Waals surface area contributed by atoms with Crippen LogP contribution in [0.3, 0.4) is 0 Å². The first-order valence-corrected chi connectivity index (χ1v) is 21.6. The fourth-order valence-corrected chi connectivity index (χ4v) is 8.14. The van der Waals surface area contributed by atoms with Gasteiger partial charge in [-0.2, -0.15) is 10.2 Å². The second-order valence-electron chi connectivity index (χ2n) is 13.3. The van der Waals surface area contributed by atoms with Gasteiger partial charge in [0.15, 0.2) is 5.75 Å². The number of benzene rings is 7. The summed E-state index contributed by atoms with van der Waals surface area (Å²) in [6, 6.07) is 25.0. The standard InChI is InChI=1S/C38H28N10O12S3.3Na/c39-23-7-1-21-6-13-28(40)35(27(21)17-23)45-42-24-8-2-19(3-9-24)20-4-10-25(11-5-20)43-46-36-31(62(55,56)57)15-22-16-32(63(58,59)60)37(38(49)33(22)34(36)41)47-44-29-14-12-26(48(50)51)18-30(29)61(52,53)54;;;/h1-18,49H,39-41H2,(H,52,53,54)(H,55,56,57)(H,58,59,60);;;/q;3*+1/p-3. The smallest absolute Gasteiger partial charge is 0.744 e. The molecule has 22 nitrogen and oxygen atoms in total. The number of nitrogens with zero attached hydrogens (tertiary/aromatic N) is 7. The molecule has 0 bridgehead atoms. The Balaban J connectivity index is 0.00000317. The molecule has 7 aromatic carbocycles. The van der Waals surface area contributed by atoms with Gasteiger partial charge in [0, 0.05) is 23.2 Å². The fraction of sp³-hybridized carbons (Fsp3) is 0. The van der Waals surface area contributed by atoms with Crippen molar-refractivity contribution in [2.75, 3.05) is 17.2 Å². The van der Waals surface area contributed by atoms with Crippen molar-refractivity contribution >= 4 is 109 Å². The van der Waals surface area contributed by atoms with Crippen molar-refractivity contribution in [3.63, 3.8) is 0 Å². The monoisotopic (exact) mass is 978 g/mol. The van der Waals surface area contributed by atoms with Gasteiger partial charge in [-0.05, 0) is 82.6 Å². The molecule has 0 saturated carbocycles. The summed E-state index contributed by atoms with van der Waals surface area (Å²) in [4.78, 5) is 6.39. The predicted molar refractivity (Wildman–Crippen MR) is 224 cm³/mol. The molecule has 0 saturated heterocycles. The zero-order valence-electron chi connectivity index (χ0n) is 34.4. The topological polar surface area (TPSA) is 387 Å². The molecule has 0 radical (unpaired) electrons. The summed E-state index contributed by atoms with van der Waals surface area (Å²) in [5.41, 5.74) is 17.4. The van der Waals surface area contributed by atoms with Gasteiger partial charge in [0.05, 0.1) is 47.7 Å². The second kappa shape index (κ2) is 21.0. The number of phenolic OH excluding ortho intramolecular Hbond substituents is 1. The van der Waals surface area contributed by atoms with Crippen LogP contribution >= 0.6 is 0 Å². The first-order valence-electron chi connectivity index (χ1n) is 17.4. The summed E-state index contributed by atoms with van der Waals surface area (Å²) in [6.45, 7) is 0. The fourth-order valence-electron chi connectivity index (χ4n) is 6.20. The summed E-state index contributed by atoms with van der Waals surface area (Å²) in [5.74, 6) is -1.25. The van der Waals surface area contributed by atoms with Crippen molar-refractivity contribution in [1.29, 1.82) is 0 Å². The number of anilines is 3. The number of nitrogen functional groups attached to an aromatic ring is 3. The van der Waals surface area contributed by atoms with Crippen LogP contribution in [0.1, 0.15) is 0 Å². The van der Waals surface area contributed by atoms with E-state index in [-0.39, 0.29) is 94.4 Å². The van der Waals surface area contributed by atoms with Crippen molar-refractivity contribution in [1.82, 2.24) is 0 Å². The molecule has 320 valence electrons. The summed E-state index contributed by atoms with van der Waals surface area (Å²) >= 11 is 0. The molecule has 28 heteroatoms. The number of fused-ring (bicyclic) bond motifs is 2. The zero-order chi connectivity index (χ0) is 45.6. The Morgan fingerprint density at radius 2 is 1.00 bits per heavy atom. The van der Waals surface area contributed by atoms with Crippen LogP contribution in [0, 0.1) is 10.1 Å². The van der Waals surface area contributed by atoms with Gasteiger partial charge in [0.2, 0.25) is 0 Å². The Bertz CT molecular complexity index is 3510. The van der Waals surface area contributed by atoms with Gasteiger partial charge in [0.1, 0.15) is 53.1 Å². The number of aromatic hydroxyl groups is 1. The van der Waals surface area contributed by atoms with E-state index in [1.807, 2.05) is 12.1 Å². The van der Waals surface area contributed by atoms with Gasteiger partial charge >= 0.3 is 88.7 Å². The molecule has 66 heavy (non-hydrogen) atoms. The number of hydrogen-bond acceptors (Lipinski definition) is 21. The SMILES string of the molecule is Nc1ccc2ccc(N)c(N=Nc3ccc(-c4ccc(N=Nc5c(S(=O)(=O)[O-])cc6cc(S(=O)(=O)[O-])c(N=Nc7ccc([N+](=O)[O-])cc7S(=O)(=O)[O-])c(O)c6c5N)cc4)cc3)c2c1.[Na+].[Na+].[Na+]. The van der Waals surface area contributed by atoms with E-state index in [0.29, 0.717) is 52.6 Å². The van der Waals surface area contributed by atoms with Crippen molar-refractivity contribution in [3.05, 3.63) is 119 Å². The largest absolute Gasteiger partial charge is 1.00 e. The Kier molecular flexibility index (Phi) is 17.1. The molecule has 0 amide bonds. The Hall–Kier alpha value is -4.81. The molecule has 0 spiro atoms. The Labute approximate surface area is 440 Å². The number of non-ortho nitro benzene ring substituents is 1. The van der Waals surface area contributed by atoms with Crippen molar-refractivity contribution in [3.8, 4) is 16.9 Å². The minimum Gasteiger partial charge on any atom is -0.744 e. The van der Waals surface area contributed by atoms with Crippen LogP contribution in [0.4, 0.5) is 56.9 Å². The average Bonchev–Trinajstić information content (AvgIpc) is 3.21. The van der Waals surface area contributed by atoms with E-state index in [9.17, 15) is 54.1 Å². The Morgan fingerprint density at radius 3 is 1.52 bits per heavy atom. The van der Waals surface area contributed by atoms with Crippen LogP contribution < -0.4 is 106 Å².